The molecule has 6 rings (SSSR count). The summed E-state index contributed by atoms with van der Waals surface area (Å²) in [6, 6.07) is 32.2. The van der Waals surface area contributed by atoms with Crippen LogP contribution < -0.4 is 5.73 Å². The Balaban J connectivity index is 1.36. The molecule has 3 heterocycles. The zero-order chi connectivity index (χ0) is 23.6. The molecule has 3 nitrogen and oxygen atoms in total. The summed E-state index contributed by atoms with van der Waals surface area (Å²) in [4.78, 5) is 12.1. The molecular formula is C29H25N3S3. The summed E-state index contributed by atoms with van der Waals surface area (Å²) in [7, 11) is 0. The summed E-state index contributed by atoms with van der Waals surface area (Å²) in [5.74, 6) is 1.54. The number of fused-ring (bicyclic) bond motifs is 3. The first kappa shape index (κ1) is 22.7. The lowest BCUT2D eigenvalue weighted by molar-refractivity contribution is 0.893. The van der Waals surface area contributed by atoms with Crippen LogP contribution in [0.2, 0.25) is 0 Å². The molecule has 0 saturated heterocycles. The van der Waals surface area contributed by atoms with Gasteiger partial charge in [-0.3, -0.25) is 0 Å². The molecule has 0 amide bonds. The highest BCUT2D eigenvalue weighted by Crippen LogP contribution is 2.55. The number of aryl methyl sites for hydroxylation is 1. The predicted octanol–water partition coefficient (Wildman–Crippen LogP) is 7.73. The smallest absolute Gasteiger partial charge is 0.190 e. The number of hydrogen-bond acceptors (Lipinski definition) is 6. The van der Waals surface area contributed by atoms with Crippen LogP contribution in [0, 0.1) is 0 Å². The van der Waals surface area contributed by atoms with Crippen LogP contribution in [0.4, 0.5) is 5.82 Å². The fourth-order valence-electron chi connectivity index (χ4n) is 4.65. The van der Waals surface area contributed by atoms with Gasteiger partial charge in [-0.2, -0.15) is 0 Å². The zero-order valence-corrected chi connectivity index (χ0v) is 21.6. The highest BCUT2D eigenvalue weighted by Gasteiger charge is 2.34. The Morgan fingerprint density at radius 1 is 0.829 bits per heavy atom. The van der Waals surface area contributed by atoms with Gasteiger partial charge in [0.1, 0.15) is 10.6 Å². The van der Waals surface area contributed by atoms with Crippen molar-refractivity contribution in [2.24, 2.45) is 0 Å². The van der Waals surface area contributed by atoms with Crippen LogP contribution in [0.1, 0.15) is 37.6 Å². The topological polar surface area (TPSA) is 51.8 Å². The normalized spacial score (nSPS) is 17.4. The van der Waals surface area contributed by atoms with E-state index in [2.05, 4.69) is 91.0 Å². The van der Waals surface area contributed by atoms with Gasteiger partial charge in [0, 0.05) is 15.9 Å². The molecule has 0 unspecified atom stereocenters. The lowest BCUT2D eigenvalue weighted by Gasteiger charge is -2.30. The van der Waals surface area contributed by atoms with E-state index in [-0.39, 0.29) is 5.25 Å². The van der Waals surface area contributed by atoms with Gasteiger partial charge in [0.2, 0.25) is 0 Å². The van der Waals surface area contributed by atoms with Crippen LogP contribution in [0.5, 0.6) is 0 Å². The largest absolute Gasteiger partial charge is 0.383 e. The minimum Gasteiger partial charge on any atom is -0.383 e. The van der Waals surface area contributed by atoms with Gasteiger partial charge in [0.15, 0.2) is 5.16 Å². The van der Waals surface area contributed by atoms with E-state index in [4.69, 9.17) is 15.7 Å². The average molecular weight is 512 g/mol. The summed E-state index contributed by atoms with van der Waals surface area (Å²) in [5.41, 5.74) is 12.0. The van der Waals surface area contributed by atoms with Gasteiger partial charge in [0.05, 0.1) is 10.6 Å². The Hall–Kier alpha value is -2.80. The molecule has 35 heavy (non-hydrogen) atoms. The Morgan fingerprint density at radius 3 is 2.20 bits per heavy atom. The van der Waals surface area contributed by atoms with Crippen molar-refractivity contribution >= 4 is 50.9 Å². The second-order valence-corrected chi connectivity index (χ2v) is 12.0. The molecule has 3 aromatic carbocycles. The van der Waals surface area contributed by atoms with Gasteiger partial charge in [-0.25, -0.2) is 9.97 Å². The number of hydrogen-bond donors (Lipinski definition) is 1. The van der Waals surface area contributed by atoms with E-state index in [9.17, 15) is 0 Å². The molecule has 0 aliphatic carbocycles. The maximum atomic E-state index is 6.61. The first-order valence-corrected chi connectivity index (χ1v) is 14.5. The molecule has 174 valence electrons. The molecular weight excluding hydrogens is 487 g/mol. The highest BCUT2D eigenvalue weighted by atomic mass is 32.2. The fourth-order valence-corrected chi connectivity index (χ4v) is 8.56. The molecule has 0 saturated carbocycles. The van der Waals surface area contributed by atoms with Crippen LogP contribution in [0.25, 0.3) is 10.2 Å². The second-order valence-electron chi connectivity index (χ2n) is 8.63. The molecule has 5 aromatic rings. The van der Waals surface area contributed by atoms with Gasteiger partial charge in [-0.1, -0.05) is 103 Å². The van der Waals surface area contributed by atoms with Crippen LogP contribution in [0.3, 0.4) is 0 Å². The molecule has 2 N–H and O–H groups in total. The quantitative estimate of drug-likeness (QED) is 0.187. The van der Waals surface area contributed by atoms with Crippen LogP contribution in [0.15, 0.2) is 96.2 Å². The number of nitrogens with two attached hydrogens (primary N) is 1. The van der Waals surface area contributed by atoms with E-state index in [1.165, 1.54) is 27.1 Å². The number of aromatic nitrogens is 2. The fraction of sp³-hybridized carbons (Fsp3) is 0.172. The van der Waals surface area contributed by atoms with Crippen molar-refractivity contribution in [2.75, 3.05) is 11.5 Å². The number of thiophene rings is 1. The molecule has 1 aliphatic heterocycles. The van der Waals surface area contributed by atoms with Gasteiger partial charge in [0.25, 0.3) is 0 Å². The summed E-state index contributed by atoms with van der Waals surface area (Å²) < 4.78 is 0. The van der Waals surface area contributed by atoms with Crippen molar-refractivity contribution in [1.82, 2.24) is 9.97 Å². The molecule has 0 bridgehead atoms. The van der Waals surface area contributed by atoms with Crippen molar-refractivity contribution in [2.45, 2.75) is 28.5 Å². The van der Waals surface area contributed by atoms with E-state index in [0.29, 0.717) is 11.1 Å². The summed E-state index contributed by atoms with van der Waals surface area (Å²) in [5, 5.41) is 2.46. The van der Waals surface area contributed by atoms with E-state index in [1.807, 2.05) is 11.8 Å². The van der Waals surface area contributed by atoms with Crippen molar-refractivity contribution in [3.63, 3.8) is 0 Å². The van der Waals surface area contributed by atoms with E-state index >= 15 is 0 Å². The monoisotopic (exact) mass is 511 g/mol. The first-order chi connectivity index (χ1) is 17.3. The number of benzene rings is 3. The van der Waals surface area contributed by atoms with E-state index < -0.39 is 0 Å². The summed E-state index contributed by atoms with van der Waals surface area (Å²) in [6.45, 7) is 0. The van der Waals surface area contributed by atoms with Gasteiger partial charge in [-0.15, -0.1) is 23.1 Å². The number of anilines is 1. The molecule has 1 aliphatic rings. The molecule has 2 atom stereocenters. The standard InChI is InChI=1S/C29H25N3S3/c30-27-24-22-18-23(20-12-6-2-7-13-20)34-25(21-14-8-3-9-15-21)26(22)35-28(24)32-29(31-27)33-17-16-19-10-4-1-5-11-19/h1-15,23,25H,16-18H2,(H2,30,31,32)/t23-,25+/m1/s1. The molecule has 2 aromatic heterocycles. The lowest BCUT2D eigenvalue weighted by Crippen LogP contribution is -2.12. The molecule has 0 radical (unpaired) electrons. The van der Waals surface area contributed by atoms with Crippen LogP contribution in [-0.2, 0) is 12.8 Å². The number of thioether (sulfide) groups is 2. The predicted molar refractivity (Wildman–Crippen MR) is 151 cm³/mol. The third-order valence-electron chi connectivity index (χ3n) is 6.36. The van der Waals surface area contributed by atoms with Gasteiger partial charge < -0.3 is 5.73 Å². The minimum absolute atomic E-state index is 0.262. The number of nitrogen functional groups attached to an aromatic ring is 1. The van der Waals surface area contributed by atoms with Crippen molar-refractivity contribution in [3.05, 3.63) is 118 Å². The van der Waals surface area contributed by atoms with Crippen LogP contribution >= 0.6 is 34.9 Å². The highest BCUT2D eigenvalue weighted by molar-refractivity contribution is 8.00. The molecule has 0 fully saturated rings. The molecule has 0 spiro atoms. The average Bonchev–Trinajstić information content (AvgIpc) is 3.29. The van der Waals surface area contributed by atoms with Gasteiger partial charge in [-0.05, 0) is 35.1 Å². The lowest BCUT2D eigenvalue weighted by atomic mass is 9.98. The van der Waals surface area contributed by atoms with Crippen molar-refractivity contribution < 1.29 is 0 Å². The summed E-state index contributed by atoms with van der Waals surface area (Å²) >= 11 is 5.51. The van der Waals surface area contributed by atoms with Crippen molar-refractivity contribution in [3.8, 4) is 0 Å². The number of nitrogens with zero attached hydrogens (tertiary/aromatic N) is 2. The maximum absolute atomic E-state index is 6.61. The second kappa shape index (κ2) is 10.1. The zero-order valence-electron chi connectivity index (χ0n) is 19.1. The van der Waals surface area contributed by atoms with E-state index in [0.717, 1.165) is 34.0 Å². The Morgan fingerprint density at radius 2 is 1.49 bits per heavy atom. The third-order valence-corrected chi connectivity index (χ3v) is 10.1. The Kier molecular flexibility index (Phi) is 6.51. The first-order valence-electron chi connectivity index (χ1n) is 11.8. The maximum Gasteiger partial charge on any atom is 0.190 e. The SMILES string of the molecule is Nc1nc(SCCc2ccccc2)nc2sc3c(c12)C[C@H](c1ccccc1)S[C@H]3c1ccccc1. The Labute approximate surface area is 218 Å². The van der Waals surface area contributed by atoms with Gasteiger partial charge >= 0.3 is 0 Å². The minimum atomic E-state index is 0.262. The van der Waals surface area contributed by atoms with E-state index in [1.54, 1.807) is 23.1 Å². The summed E-state index contributed by atoms with van der Waals surface area (Å²) in [6.07, 6.45) is 1.93. The van der Waals surface area contributed by atoms with Crippen LogP contribution in [-0.4, -0.2) is 15.7 Å². The van der Waals surface area contributed by atoms with Crippen molar-refractivity contribution in [1.29, 1.82) is 0 Å². The Bertz CT molecular complexity index is 1440. The number of rotatable bonds is 6. The third kappa shape index (κ3) is 4.70. The molecule has 6 heteroatoms.